The van der Waals surface area contributed by atoms with Gasteiger partial charge in [0.25, 0.3) is 0 Å². The Morgan fingerprint density at radius 1 is 1.10 bits per heavy atom. The van der Waals surface area contributed by atoms with Crippen LogP contribution in [0.1, 0.15) is 0 Å². The molecule has 1 rings (SSSR count). The van der Waals surface area contributed by atoms with Crippen LogP contribution in [0.4, 0.5) is 0 Å². The third kappa shape index (κ3) is 5.28. The van der Waals surface area contributed by atoms with Gasteiger partial charge in [0.15, 0.2) is 0 Å². The Balaban J connectivity index is 2.75. The highest BCUT2D eigenvalue weighted by Crippen LogP contribution is 2.35. The fraction of sp³-hybridized carbons (Fsp3) is 0.636. The highest BCUT2D eigenvalue weighted by Gasteiger charge is 2.27. The molecule has 114 valence electrons. The van der Waals surface area contributed by atoms with Crippen molar-refractivity contribution in [1.82, 2.24) is 4.90 Å². The summed E-state index contributed by atoms with van der Waals surface area (Å²) in [6, 6.07) is -1.19. The fourth-order valence-electron chi connectivity index (χ4n) is 1.44. The maximum atomic E-state index is 11.9. The number of hydrogen-bond donors (Lipinski definition) is 4. The standard InChI is InChI=1S/C11H19N3O2S4/c1-14-2-8(19-10(15)6(12)4-17)9(3-14)20-11(16)7(13)5-18/h6-7,17-18H,2-5,12-13H2,1H3/t6-,7-/m0/s1. The molecule has 0 spiro atoms. The van der Waals surface area contributed by atoms with Gasteiger partial charge in [-0.15, -0.1) is 0 Å². The second-order valence-corrected chi connectivity index (χ2v) is 7.37. The molecule has 9 heteroatoms. The van der Waals surface area contributed by atoms with Crippen LogP contribution in [0, 0.1) is 0 Å². The van der Waals surface area contributed by atoms with Crippen molar-refractivity contribution in [3.05, 3.63) is 9.81 Å². The molecular formula is C11H19N3O2S4. The van der Waals surface area contributed by atoms with E-state index in [1.165, 1.54) is 0 Å². The van der Waals surface area contributed by atoms with E-state index in [0.29, 0.717) is 24.6 Å². The average molecular weight is 354 g/mol. The Hall–Kier alpha value is 0.360. The molecule has 0 aliphatic carbocycles. The van der Waals surface area contributed by atoms with Crippen LogP contribution < -0.4 is 11.5 Å². The van der Waals surface area contributed by atoms with Gasteiger partial charge in [0.2, 0.25) is 10.2 Å². The number of hydrogen-bond acceptors (Lipinski definition) is 9. The molecule has 0 aromatic rings. The molecular weight excluding hydrogens is 334 g/mol. The smallest absolute Gasteiger partial charge is 0.210 e. The summed E-state index contributed by atoms with van der Waals surface area (Å²) in [4.78, 5) is 27.5. The van der Waals surface area contributed by atoms with Gasteiger partial charge in [-0.3, -0.25) is 14.5 Å². The summed E-state index contributed by atoms with van der Waals surface area (Å²) in [5, 5.41) is -0.260. The largest absolute Gasteiger partial charge is 0.320 e. The summed E-state index contributed by atoms with van der Waals surface area (Å²) in [5.41, 5.74) is 11.3. The zero-order chi connectivity index (χ0) is 15.3. The number of likely N-dealkylation sites (N-methyl/N-ethyl adjacent to an activating group) is 1. The number of thioether (sulfide) groups is 2. The van der Waals surface area contributed by atoms with Gasteiger partial charge in [-0.25, -0.2) is 0 Å². The topological polar surface area (TPSA) is 89.4 Å². The molecule has 1 heterocycles. The minimum absolute atomic E-state index is 0.130. The first-order chi connectivity index (χ1) is 9.38. The van der Waals surface area contributed by atoms with Crippen LogP contribution in [0.2, 0.25) is 0 Å². The van der Waals surface area contributed by atoms with Crippen LogP contribution in [-0.2, 0) is 9.59 Å². The Bertz CT molecular complexity index is 380. The molecule has 0 radical (unpaired) electrons. The number of rotatable bonds is 6. The van der Waals surface area contributed by atoms with E-state index in [-0.39, 0.29) is 10.2 Å². The van der Waals surface area contributed by atoms with E-state index < -0.39 is 12.1 Å². The van der Waals surface area contributed by atoms with Crippen LogP contribution in [0.25, 0.3) is 0 Å². The van der Waals surface area contributed by atoms with E-state index in [4.69, 9.17) is 11.5 Å². The fourth-order valence-corrected chi connectivity index (χ4v) is 4.15. The van der Waals surface area contributed by atoms with Crippen molar-refractivity contribution in [3.8, 4) is 0 Å². The first kappa shape index (κ1) is 18.4. The molecule has 0 unspecified atom stereocenters. The normalized spacial score (nSPS) is 19.2. The predicted octanol–water partition coefficient (Wildman–Crippen LogP) is 0.177. The Labute approximate surface area is 138 Å². The van der Waals surface area contributed by atoms with Gasteiger partial charge in [0, 0.05) is 34.4 Å². The van der Waals surface area contributed by atoms with E-state index in [0.717, 1.165) is 33.3 Å². The third-order valence-corrected chi connectivity index (χ3v) is 5.75. The molecule has 5 nitrogen and oxygen atoms in total. The van der Waals surface area contributed by atoms with Crippen molar-refractivity contribution in [2.75, 3.05) is 31.6 Å². The van der Waals surface area contributed by atoms with Gasteiger partial charge in [0.1, 0.15) is 0 Å². The Kier molecular flexibility index (Phi) is 8.02. The van der Waals surface area contributed by atoms with E-state index in [9.17, 15) is 9.59 Å². The molecule has 0 amide bonds. The molecule has 0 saturated heterocycles. The molecule has 4 N–H and O–H groups in total. The summed E-state index contributed by atoms with van der Waals surface area (Å²) in [6.45, 7) is 1.28. The van der Waals surface area contributed by atoms with Crippen LogP contribution in [0.3, 0.4) is 0 Å². The van der Waals surface area contributed by atoms with E-state index in [2.05, 4.69) is 25.3 Å². The molecule has 1 aliphatic heterocycles. The number of carbonyl (C=O) groups excluding carboxylic acids is 2. The lowest BCUT2D eigenvalue weighted by Gasteiger charge is -2.10. The highest BCUT2D eigenvalue weighted by molar-refractivity contribution is 8.20. The monoisotopic (exact) mass is 353 g/mol. The van der Waals surface area contributed by atoms with Gasteiger partial charge in [-0.05, 0) is 7.05 Å². The van der Waals surface area contributed by atoms with E-state index in [1.807, 2.05) is 11.9 Å². The molecule has 0 saturated carbocycles. The maximum Gasteiger partial charge on any atom is 0.210 e. The van der Waals surface area contributed by atoms with Crippen molar-refractivity contribution in [3.63, 3.8) is 0 Å². The SMILES string of the molecule is CN1CC(SC(=O)[C@@H](N)CS)=C(SC(=O)[C@@H](N)CS)C1. The minimum atomic E-state index is -0.594. The average Bonchev–Trinajstić information content (AvgIpc) is 2.76. The number of nitrogens with two attached hydrogens (primary N) is 2. The third-order valence-electron chi connectivity index (χ3n) is 2.58. The molecule has 0 bridgehead atoms. The van der Waals surface area contributed by atoms with Gasteiger partial charge >= 0.3 is 0 Å². The van der Waals surface area contributed by atoms with Gasteiger partial charge in [0.05, 0.1) is 12.1 Å². The summed E-state index contributed by atoms with van der Waals surface area (Å²) in [6.07, 6.45) is 0. The van der Waals surface area contributed by atoms with Crippen molar-refractivity contribution in [2.45, 2.75) is 12.1 Å². The van der Waals surface area contributed by atoms with Crippen molar-refractivity contribution in [1.29, 1.82) is 0 Å². The number of nitrogens with zero attached hydrogens (tertiary/aromatic N) is 1. The summed E-state index contributed by atoms with van der Waals surface area (Å²) < 4.78 is 0. The second kappa shape index (κ2) is 8.72. The highest BCUT2D eigenvalue weighted by atomic mass is 32.2. The Morgan fingerprint density at radius 2 is 1.45 bits per heavy atom. The van der Waals surface area contributed by atoms with Crippen LogP contribution in [-0.4, -0.2) is 58.9 Å². The quantitative estimate of drug-likeness (QED) is 0.507. The van der Waals surface area contributed by atoms with Crippen molar-refractivity contribution >= 4 is 59.0 Å². The first-order valence-corrected chi connectivity index (χ1v) is 8.85. The van der Waals surface area contributed by atoms with E-state index in [1.54, 1.807) is 0 Å². The molecule has 1 aliphatic rings. The number of carbonyl (C=O) groups is 2. The molecule has 0 aromatic carbocycles. The predicted molar refractivity (Wildman–Crippen MR) is 93.4 cm³/mol. The Morgan fingerprint density at radius 3 is 1.75 bits per heavy atom. The van der Waals surface area contributed by atoms with Gasteiger partial charge in [-0.1, -0.05) is 23.5 Å². The molecule has 2 atom stereocenters. The first-order valence-electron chi connectivity index (χ1n) is 5.95. The van der Waals surface area contributed by atoms with Gasteiger partial charge < -0.3 is 11.5 Å². The number of thiol groups is 2. The van der Waals surface area contributed by atoms with Crippen LogP contribution in [0.5, 0.6) is 0 Å². The lowest BCUT2D eigenvalue weighted by molar-refractivity contribution is -0.112. The lowest BCUT2D eigenvalue weighted by Crippen LogP contribution is -2.30. The van der Waals surface area contributed by atoms with Crippen LogP contribution >= 0.6 is 48.8 Å². The van der Waals surface area contributed by atoms with Gasteiger partial charge in [-0.2, -0.15) is 25.3 Å². The zero-order valence-corrected chi connectivity index (χ0v) is 14.5. The lowest BCUT2D eigenvalue weighted by atomic mass is 10.4. The molecule has 0 aromatic heterocycles. The zero-order valence-electron chi connectivity index (χ0n) is 11.1. The maximum absolute atomic E-state index is 11.9. The molecule has 0 fully saturated rings. The van der Waals surface area contributed by atoms with E-state index >= 15 is 0 Å². The van der Waals surface area contributed by atoms with Crippen molar-refractivity contribution in [2.24, 2.45) is 11.5 Å². The summed E-state index contributed by atoms with van der Waals surface area (Å²) >= 11 is 10.2. The summed E-state index contributed by atoms with van der Waals surface area (Å²) in [5.74, 6) is 0.613. The summed E-state index contributed by atoms with van der Waals surface area (Å²) in [7, 11) is 1.93. The molecule has 20 heavy (non-hydrogen) atoms. The minimum Gasteiger partial charge on any atom is -0.320 e. The van der Waals surface area contributed by atoms with Crippen molar-refractivity contribution < 1.29 is 9.59 Å². The second-order valence-electron chi connectivity index (χ2n) is 4.44. The van der Waals surface area contributed by atoms with Crippen LogP contribution in [0.15, 0.2) is 9.81 Å².